The SMILES string of the molecule is Cc1ccc(OC(=O)CC(C(=O)Oc2ccc(C)cc2)S(=O)(=O)O)cc1.[NaH]. The van der Waals surface area contributed by atoms with Gasteiger partial charge in [-0.2, -0.15) is 8.42 Å². The number of hydrogen-bond acceptors (Lipinski definition) is 6. The van der Waals surface area contributed by atoms with Gasteiger partial charge >= 0.3 is 41.5 Å². The zero-order valence-corrected chi connectivity index (χ0v) is 15.0. The van der Waals surface area contributed by atoms with Crippen molar-refractivity contribution >= 4 is 51.6 Å². The van der Waals surface area contributed by atoms with Crippen molar-refractivity contribution in [3.05, 3.63) is 59.7 Å². The summed E-state index contributed by atoms with van der Waals surface area (Å²) in [5, 5.41) is -2.08. The van der Waals surface area contributed by atoms with E-state index in [0.717, 1.165) is 11.1 Å². The molecule has 1 unspecified atom stereocenters. The third-order valence-corrected chi connectivity index (χ3v) is 4.54. The fourth-order valence-electron chi connectivity index (χ4n) is 2.03. The Morgan fingerprint density at radius 2 is 1.30 bits per heavy atom. The fraction of sp³-hybridized carbons (Fsp3) is 0.222. The van der Waals surface area contributed by atoms with E-state index in [1.807, 2.05) is 13.8 Å². The number of esters is 2. The maximum absolute atomic E-state index is 12.1. The van der Waals surface area contributed by atoms with Crippen LogP contribution < -0.4 is 9.47 Å². The summed E-state index contributed by atoms with van der Waals surface area (Å²) in [5.74, 6) is -1.96. The first kappa shape index (κ1) is 23.3. The van der Waals surface area contributed by atoms with E-state index in [1.54, 1.807) is 24.3 Å². The predicted octanol–water partition coefficient (Wildman–Crippen LogP) is 1.81. The molecular weight excluding hydrogens is 383 g/mol. The molecule has 0 amide bonds. The molecule has 0 saturated carbocycles. The van der Waals surface area contributed by atoms with Gasteiger partial charge in [0.1, 0.15) is 11.5 Å². The average molecular weight is 402 g/mol. The molecule has 1 N–H and O–H groups in total. The summed E-state index contributed by atoms with van der Waals surface area (Å²) in [5.41, 5.74) is 1.86. The van der Waals surface area contributed by atoms with Gasteiger partial charge in [0.15, 0.2) is 5.25 Å². The number of ether oxygens (including phenoxy) is 2. The zero-order valence-electron chi connectivity index (χ0n) is 14.2. The molecule has 0 saturated heterocycles. The van der Waals surface area contributed by atoms with E-state index >= 15 is 0 Å². The van der Waals surface area contributed by atoms with Gasteiger partial charge in [-0.3, -0.25) is 14.1 Å². The Bertz CT molecular complexity index is 890. The summed E-state index contributed by atoms with van der Waals surface area (Å²) in [6.45, 7) is 3.68. The van der Waals surface area contributed by atoms with Gasteiger partial charge in [-0.15, -0.1) is 0 Å². The molecule has 0 bridgehead atoms. The monoisotopic (exact) mass is 402 g/mol. The van der Waals surface area contributed by atoms with Crippen molar-refractivity contribution in [1.82, 2.24) is 0 Å². The van der Waals surface area contributed by atoms with Crippen molar-refractivity contribution < 1.29 is 32.0 Å². The normalized spacial score (nSPS) is 11.8. The van der Waals surface area contributed by atoms with Gasteiger partial charge < -0.3 is 9.47 Å². The van der Waals surface area contributed by atoms with Crippen LogP contribution in [0.2, 0.25) is 0 Å². The number of carbonyl (C=O) groups excluding carboxylic acids is 2. The molecule has 140 valence electrons. The molecule has 2 aromatic rings. The van der Waals surface area contributed by atoms with Gasteiger partial charge in [0.2, 0.25) is 0 Å². The Kier molecular flexibility index (Phi) is 8.64. The molecule has 0 aromatic heterocycles. The van der Waals surface area contributed by atoms with Gasteiger partial charge in [0.25, 0.3) is 10.1 Å². The van der Waals surface area contributed by atoms with Crippen LogP contribution in [0, 0.1) is 13.8 Å². The summed E-state index contributed by atoms with van der Waals surface area (Å²) < 4.78 is 42.2. The van der Waals surface area contributed by atoms with Crippen LogP contribution in [0.5, 0.6) is 11.5 Å². The molecule has 0 radical (unpaired) electrons. The molecule has 0 fully saturated rings. The predicted molar refractivity (Wildman–Crippen MR) is 101 cm³/mol. The Morgan fingerprint density at radius 1 is 0.889 bits per heavy atom. The van der Waals surface area contributed by atoms with Gasteiger partial charge in [0, 0.05) is 0 Å². The molecule has 0 aliphatic rings. The van der Waals surface area contributed by atoms with E-state index in [9.17, 15) is 22.6 Å². The van der Waals surface area contributed by atoms with Crippen molar-refractivity contribution in [3.8, 4) is 11.5 Å². The van der Waals surface area contributed by atoms with Crippen LogP contribution in [0.15, 0.2) is 48.5 Å². The van der Waals surface area contributed by atoms with Crippen molar-refractivity contribution in [2.24, 2.45) is 0 Å². The van der Waals surface area contributed by atoms with Crippen molar-refractivity contribution in [2.75, 3.05) is 0 Å². The van der Waals surface area contributed by atoms with Gasteiger partial charge in [-0.1, -0.05) is 35.4 Å². The molecule has 9 heteroatoms. The van der Waals surface area contributed by atoms with Crippen LogP contribution in [0.4, 0.5) is 0 Å². The van der Waals surface area contributed by atoms with E-state index in [1.165, 1.54) is 24.3 Å². The molecule has 27 heavy (non-hydrogen) atoms. The average Bonchev–Trinajstić information content (AvgIpc) is 2.56. The third-order valence-electron chi connectivity index (χ3n) is 3.47. The molecule has 2 aromatic carbocycles. The third kappa shape index (κ3) is 7.43. The summed E-state index contributed by atoms with van der Waals surface area (Å²) in [6, 6.07) is 12.7. The number of hydrogen-bond donors (Lipinski definition) is 1. The van der Waals surface area contributed by atoms with Crippen molar-refractivity contribution in [3.63, 3.8) is 0 Å². The van der Waals surface area contributed by atoms with E-state index in [-0.39, 0.29) is 41.1 Å². The Labute approximate surface area is 179 Å². The maximum atomic E-state index is 12.1. The van der Waals surface area contributed by atoms with Crippen LogP contribution in [-0.2, 0) is 19.7 Å². The second-order valence-corrected chi connectivity index (χ2v) is 7.33. The minimum absolute atomic E-state index is 0. The Balaban J connectivity index is 0.00000364. The summed E-state index contributed by atoms with van der Waals surface area (Å²) >= 11 is 0. The first-order valence-corrected chi connectivity index (χ1v) is 9.17. The van der Waals surface area contributed by atoms with E-state index in [2.05, 4.69) is 0 Å². The molecule has 0 heterocycles. The molecular formula is C18H19NaO7S. The Hall–Kier alpha value is -1.71. The Morgan fingerprint density at radius 3 is 1.70 bits per heavy atom. The quantitative estimate of drug-likeness (QED) is 0.340. The number of carbonyl (C=O) groups is 2. The molecule has 0 aliphatic heterocycles. The van der Waals surface area contributed by atoms with Gasteiger partial charge in [-0.25, -0.2) is 0 Å². The summed E-state index contributed by atoms with van der Waals surface area (Å²) in [7, 11) is -4.86. The van der Waals surface area contributed by atoms with Crippen LogP contribution in [0.3, 0.4) is 0 Å². The van der Waals surface area contributed by atoms with Crippen LogP contribution in [0.25, 0.3) is 0 Å². The number of benzene rings is 2. The van der Waals surface area contributed by atoms with E-state index in [0.29, 0.717) is 0 Å². The fourth-order valence-corrected chi connectivity index (χ4v) is 2.67. The molecule has 1 atom stereocenters. The minimum atomic E-state index is -4.86. The van der Waals surface area contributed by atoms with E-state index in [4.69, 9.17) is 9.47 Å². The van der Waals surface area contributed by atoms with Crippen LogP contribution in [0.1, 0.15) is 17.5 Å². The van der Waals surface area contributed by atoms with Crippen molar-refractivity contribution in [2.45, 2.75) is 25.5 Å². The van der Waals surface area contributed by atoms with Crippen LogP contribution in [-0.4, -0.2) is 59.7 Å². The van der Waals surface area contributed by atoms with Gasteiger partial charge in [-0.05, 0) is 38.1 Å². The first-order chi connectivity index (χ1) is 12.1. The standard InChI is InChI=1S/C18H18O7S.Na.H/c1-12-3-7-14(8-4-12)24-17(19)11-16(26(21,22)23)18(20)25-15-9-5-13(2)6-10-15;;/h3-10,16H,11H2,1-2H3,(H,21,22,23);;. The van der Waals surface area contributed by atoms with Gasteiger partial charge in [0.05, 0.1) is 6.42 Å². The first-order valence-electron chi connectivity index (χ1n) is 7.67. The second-order valence-electron chi connectivity index (χ2n) is 5.73. The molecule has 0 spiro atoms. The molecule has 2 rings (SSSR count). The van der Waals surface area contributed by atoms with E-state index < -0.39 is 33.7 Å². The second kappa shape index (κ2) is 10.0. The van der Waals surface area contributed by atoms with Crippen molar-refractivity contribution in [1.29, 1.82) is 0 Å². The summed E-state index contributed by atoms with van der Waals surface area (Å²) in [4.78, 5) is 24.1. The molecule has 7 nitrogen and oxygen atoms in total. The summed E-state index contributed by atoms with van der Waals surface area (Å²) in [6.07, 6.45) is -0.878. The number of rotatable bonds is 6. The topological polar surface area (TPSA) is 107 Å². The van der Waals surface area contributed by atoms with Crippen LogP contribution >= 0.6 is 0 Å². The number of aryl methyl sites for hydroxylation is 2. The molecule has 0 aliphatic carbocycles. The zero-order chi connectivity index (χ0) is 19.3.